The Hall–Kier alpha value is 0.0569. The molecule has 0 amide bonds. The Bertz CT molecular complexity index is 311. The summed E-state index contributed by atoms with van der Waals surface area (Å²) < 4.78 is 17.5. The Balaban J connectivity index is 2.68. The molecule has 0 spiro atoms. The predicted molar refractivity (Wildman–Crippen MR) is 83.2 cm³/mol. The maximum Gasteiger partial charge on any atom is 0.192 e. The van der Waals surface area contributed by atoms with Gasteiger partial charge in [0.2, 0.25) is 0 Å². The van der Waals surface area contributed by atoms with Crippen LogP contribution < -0.4 is 0 Å². The van der Waals surface area contributed by atoms with E-state index in [1.807, 2.05) is 13.8 Å². The molecule has 0 radical (unpaired) electrons. The SMILES string of the molecule is CO[C@H]1O[C@H](CO[Si](C)(C)C(C)(C)C)[C@@H](C)[C@@H](O)[C@@H]1C. The molecule has 120 valence electrons. The van der Waals surface area contributed by atoms with Crippen LogP contribution in [0.5, 0.6) is 0 Å². The van der Waals surface area contributed by atoms with Crippen molar-refractivity contribution in [2.24, 2.45) is 11.8 Å². The average Bonchev–Trinajstić information content (AvgIpc) is 2.34. The van der Waals surface area contributed by atoms with Crippen LogP contribution in [-0.2, 0) is 13.9 Å². The summed E-state index contributed by atoms with van der Waals surface area (Å²) in [6, 6.07) is 0. The lowest BCUT2D eigenvalue weighted by molar-refractivity contribution is -0.257. The van der Waals surface area contributed by atoms with Crippen LogP contribution >= 0.6 is 0 Å². The lowest BCUT2D eigenvalue weighted by atomic mass is 9.86. The minimum absolute atomic E-state index is 0.0147. The van der Waals surface area contributed by atoms with E-state index in [-0.39, 0.29) is 29.3 Å². The monoisotopic (exact) mass is 304 g/mol. The second-order valence-corrected chi connectivity index (χ2v) is 12.4. The molecule has 5 atom stereocenters. The fourth-order valence-electron chi connectivity index (χ4n) is 2.25. The smallest absolute Gasteiger partial charge is 0.192 e. The van der Waals surface area contributed by atoms with E-state index in [0.29, 0.717) is 6.61 Å². The third-order valence-corrected chi connectivity index (χ3v) is 9.55. The number of ether oxygens (including phenoxy) is 2. The average molecular weight is 305 g/mol. The van der Waals surface area contributed by atoms with Gasteiger partial charge < -0.3 is 19.0 Å². The van der Waals surface area contributed by atoms with E-state index in [2.05, 4.69) is 33.9 Å². The minimum atomic E-state index is -1.79. The van der Waals surface area contributed by atoms with Gasteiger partial charge in [-0.25, -0.2) is 0 Å². The van der Waals surface area contributed by atoms with Crippen LogP contribution in [0.3, 0.4) is 0 Å². The summed E-state index contributed by atoms with van der Waals surface area (Å²) in [5.74, 6) is 0.0419. The summed E-state index contributed by atoms with van der Waals surface area (Å²) in [5, 5.41) is 10.5. The second kappa shape index (κ2) is 6.44. The van der Waals surface area contributed by atoms with E-state index in [1.165, 1.54) is 0 Å². The van der Waals surface area contributed by atoms with E-state index in [9.17, 15) is 5.11 Å². The van der Waals surface area contributed by atoms with Gasteiger partial charge in [0.15, 0.2) is 14.6 Å². The summed E-state index contributed by atoms with van der Waals surface area (Å²) in [4.78, 5) is 0. The third kappa shape index (κ3) is 3.83. The van der Waals surface area contributed by atoms with Gasteiger partial charge in [-0.2, -0.15) is 0 Å². The Morgan fingerprint density at radius 3 is 2.15 bits per heavy atom. The summed E-state index contributed by atoms with van der Waals surface area (Å²) in [6.07, 6.45) is -0.879. The quantitative estimate of drug-likeness (QED) is 0.811. The summed E-state index contributed by atoms with van der Waals surface area (Å²) in [5.41, 5.74) is 0. The highest BCUT2D eigenvalue weighted by molar-refractivity contribution is 6.74. The first-order chi connectivity index (χ1) is 9.01. The van der Waals surface area contributed by atoms with Gasteiger partial charge in [-0.15, -0.1) is 0 Å². The van der Waals surface area contributed by atoms with Crippen LogP contribution in [0.25, 0.3) is 0 Å². The van der Waals surface area contributed by atoms with Gasteiger partial charge >= 0.3 is 0 Å². The van der Waals surface area contributed by atoms with Crippen molar-refractivity contribution >= 4 is 8.32 Å². The predicted octanol–water partition coefficient (Wildman–Crippen LogP) is 3.01. The number of rotatable bonds is 4. The topological polar surface area (TPSA) is 47.9 Å². The first kappa shape index (κ1) is 18.1. The van der Waals surface area contributed by atoms with Crippen molar-refractivity contribution < 1.29 is 19.0 Å². The summed E-state index contributed by atoms with van der Waals surface area (Å²) in [7, 11) is -0.171. The second-order valence-electron chi connectivity index (χ2n) is 7.56. The zero-order valence-corrected chi connectivity index (χ0v) is 15.3. The van der Waals surface area contributed by atoms with Gasteiger partial charge in [0.05, 0.1) is 18.8 Å². The largest absolute Gasteiger partial charge is 0.414 e. The number of aliphatic hydroxyl groups excluding tert-OH is 1. The van der Waals surface area contributed by atoms with Crippen molar-refractivity contribution in [3.05, 3.63) is 0 Å². The van der Waals surface area contributed by atoms with Crippen LogP contribution in [0.15, 0.2) is 0 Å². The molecule has 1 fully saturated rings. The van der Waals surface area contributed by atoms with Crippen LogP contribution in [0.2, 0.25) is 18.1 Å². The molecule has 0 saturated carbocycles. The van der Waals surface area contributed by atoms with E-state index >= 15 is 0 Å². The van der Waals surface area contributed by atoms with Crippen molar-refractivity contribution in [3.8, 4) is 0 Å². The third-order valence-electron chi connectivity index (χ3n) is 5.05. The molecule has 0 aromatic rings. The molecule has 0 bridgehead atoms. The molecule has 4 nitrogen and oxygen atoms in total. The molecule has 1 aliphatic rings. The molecule has 0 aromatic heterocycles. The van der Waals surface area contributed by atoms with Crippen molar-refractivity contribution in [1.82, 2.24) is 0 Å². The highest BCUT2D eigenvalue weighted by Gasteiger charge is 2.43. The number of aliphatic hydroxyl groups is 1. The Morgan fingerprint density at radius 1 is 1.15 bits per heavy atom. The maximum absolute atomic E-state index is 10.3. The summed E-state index contributed by atoms with van der Waals surface area (Å²) in [6.45, 7) is 15.6. The fraction of sp³-hybridized carbons (Fsp3) is 1.00. The van der Waals surface area contributed by atoms with Crippen molar-refractivity contribution in [2.45, 2.75) is 71.2 Å². The lowest BCUT2D eigenvalue weighted by Gasteiger charge is -2.44. The van der Waals surface area contributed by atoms with E-state index in [1.54, 1.807) is 7.11 Å². The lowest BCUT2D eigenvalue weighted by Crippen LogP contribution is -2.53. The van der Waals surface area contributed by atoms with Crippen molar-refractivity contribution in [2.75, 3.05) is 13.7 Å². The fourth-order valence-corrected chi connectivity index (χ4v) is 3.26. The molecule has 1 N–H and O–H groups in total. The Kier molecular flexibility index (Phi) is 5.83. The first-order valence-electron chi connectivity index (χ1n) is 7.51. The van der Waals surface area contributed by atoms with Gasteiger partial charge in [0, 0.05) is 18.9 Å². The van der Waals surface area contributed by atoms with Gasteiger partial charge in [0.1, 0.15) is 0 Å². The van der Waals surface area contributed by atoms with Crippen LogP contribution in [0, 0.1) is 11.8 Å². The van der Waals surface area contributed by atoms with E-state index < -0.39 is 14.4 Å². The standard InChI is InChI=1S/C15H32O4Si/c1-10-12(9-18-20(7,8)15(3,4)5)19-14(17-6)11(2)13(10)16/h10-14,16H,9H2,1-8H3/t10-,11+,12-,13-,14+/m1/s1. The highest BCUT2D eigenvalue weighted by Crippen LogP contribution is 2.38. The Labute approximate surface area is 124 Å². The normalized spacial score (nSPS) is 36.1. The number of hydrogen-bond acceptors (Lipinski definition) is 4. The molecular weight excluding hydrogens is 272 g/mol. The molecule has 0 aliphatic carbocycles. The van der Waals surface area contributed by atoms with Gasteiger partial charge in [-0.3, -0.25) is 0 Å². The van der Waals surface area contributed by atoms with Crippen LogP contribution in [0.4, 0.5) is 0 Å². The molecule has 1 saturated heterocycles. The summed E-state index contributed by atoms with van der Waals surface area (Å²) >= 11 is 0. The number of methoxy groups -OCH3 is 1. The van der Waals surface area contributed by atoms with Crippen LogP contribution in [0.1, 0.15) is 34.6 Å². The molecule has 20 heavy (non-hydrogen) atoms. The molecular formula is C15H32O4Si. The minimum Gasteiger partial charge on any atom is -0.414 e. The first-order valence-corrected chi connectivity index (χ1v) is 10.4. The van der Waals surface area contributed by atoms with Crippen molar-refractivity contribution in [1.29, 1.82) is 0 Å². The van der Waals surface area contributed by atoms with Crippen LogP contribution in [-0.4, -0.2) is 45.6 Å². The highest BCUT2D eigenvalue weighted by atomic mass is 28.4. The van der Waals surface area contributed by atoms with Gasteiger partial charge in [0.25, 0.3) is 0 Å². The molecule has 0 aromatic carbocycles. The maximum atomic E-state index is 10.3. The molecule has 1 aliphatic heterocycles. The zero-order chi connectivity index (χ0) is 15.7. The van der Waals surface area contributed by atoms with Gasteiger partial charge in [-0.1, -0.05) is 34.6 Å². The van der Waals surface area contributed by atoms with Crippen molar-refractivity contribution in [3.63, 3.8) is 0 Å². The zero-order valence-electron chi connectivity index (χ0n) is 14.3. The van der Waals surface area contributed by atoms with Gasteiger partial charge in [-0.05, 0) is 18.1 Å². The molecule has 1 rings (SSSR count). The number of hydrogen-bond donors (Lipinski definition) is 1. The Morgan fingerprint density at radius 2 is 1.70 bits per heavy atom. The van der Waals surface area contributed by atoms with E-state index in [0.717, 1.165) is 0 Å². The molecule has 5 heteroatoms. The van der Waals surface area contributed by atoms with E-state index in [4.69, 9.17) is 13.9 Å². The molecule has 1 heterocycles. The molecule has 0 unspecified atom stereocenters.